The van der Waals surface area contributed by atoms with Crippen molar-refractivity contribution in [2.75, 3.05) is 5.75 Å². The van der Waals surface area contributed by atoms with Crippen LogP contribution in [0.4, 0.5) is 13.2 Å². The van der Waals surface area contributed by atoms with Crippen molar-refractivity contribution in [1.82, 2.24) is 10.2 Å². The summed E-state index contributed by atoms with van der Waals surface area (Å²) in [6.45, 7) is 7.73. The number of thioether (sulfide) groups is 1. The summed E-state index contributed by atoms with van der Waals surface area (Å²) in [5.74, 6) is 0.239. The van der Waals surface area contributed by atoms with Gasteiger partial charge in [0.25, 0.3) is 0 Å². The summed E-state index contributed by atoms with van der Waals surface area (Å²) in [5.41, 5.74) is -0.376. The maximum absolute atomic E-state index is 12.8. The number of hydrogen-bond acceptors (Lipinski definition) is 3. The predicted octanol–water partition coefficient (Wildman–Crippen LogP) is 4.29. The van der Waals surface area contributed by atoms with E-state index in [0.29, 0.717) is 17.2 Å². The summed E-state index contributed by atoms with van der Waals surface area (Å²) in [5, 5.41) is 2.65. The molecule has 2 rings (SSSR count). The maximum Gasteiger partial charge on any atom is 0.416 e. The zero-order valence-corrected chi connectivity index (χ0v) is 17.4. The van der Waals surface area contributed by atoms with Crippen LogP contribution in [0.5, 0.6) is 0 Å². The lowest BCUT2D eigenvalue weighted by atomic mass is 10.1. The monoisotopic (exact) mass is 416 g/mol. The molecule has 0 aliphatic carbocycles. The minimum atomic E-state index is -4.42. The highest BCUT2D eigenvalue weighted by atomic mass is 32.2. The summed E-state index contributed by atoms with van der Waals surface area (Å²) < 4.78 is 38.5. The molecule has 2 unspecified atom stereocenters. The normalized spacial score (nSPS) is 20.1. The molecule has 1 aromatic carbocycles. The maximum atomic E-state index is 12.8. The van der Waals surface area contributed by atoms with Gasteiger partial charge in [-0.15, -0.1) is 11.8 Å². The fourth-order valence-corrected chi connectivity index (χ4v) is 4.76. The van der Waals surface area contributed by atoms with Gasteiger partial charge in [0.2, 0.25) is 11.8 Å². The van der Waals surface area contributed by atoms with E-state index in [9.17, 15) is 22.8 Å². The van der Waals surface area contributed by atoms with E-state index in [0.717, 1.165) is 18.6 Å². The average molecular weight is 417 g/mol. The van der Waals surface area contributed by atoms with Crippen molar-refractivity contribution in [3.05, 3.63) is 35.4 Å². The Morgan fingerprint density at radius 3 is 2.50 bits per heavy atom. The minimum Gasteiger partial charge on any atom is -0.350 e. The van der Waals surface area contributed by atoms with Crippen LogP contribution in [0.25, 0.3) is 0 Å². The third-order valence-electron chi connectivity index (χ3n) is 4.54. The lowest BCUT2D eigenvalue weighted by Crippen LogP contribution is -2.51. The molecule has 1 saturated heterocycles. The first-order chi connectivity index (χ1) is 13.0. The highest BCUT2D eigenvalue weighted by Crippen LogP contribution is 2.34. The van der Waals surface area contributed by atoms with Crippen molar-refractivity contribution in [2.24, 2.45) is 11.8 Å². The molecule has 1 aromatic rings. The molecule has 0 bridgehead atoms. The number of carbonyl (C=O) groups is 2. The molecule has 1 aliphatic heterocycles. The molecule has 8 heteroatoms. The Morgan fingerprint density at radius 1 is 1.25 bits per heavy atom. The van der Waals surface area contributed by atoms with E-state index >= 15 is 0 Å². The van der Waals surface area contributed by atoms with Gasteiger partial charge >= 0.3 is 6.18 Å². The van der Waals surface area contributed by atoms with Crippen LogP contribution in [0.15, 0.2) is 24.3 Å². The first-order valence-electron chi connectivity index (χ1n) is 9.38. The Hall–Kier alpha value is -1.70. The molecule has 28 heavy (non-hydrogen) atoms. The smallest absolute Gasteiger partial charge is 0.350 e. The number of rotatable bonds is 6. The third-order valence-corrected chi connectivity index (χ3v) is 5.85. The Balaban J connectivity index is 2.09. The van der Waals surface area contributed by atoms with Crippen LogP contribution in [-0.4, -0.2) is 33.9 Å². The molecule has 1 aliphatic rings. The summed E-state index contributed by atoms with van der Waals surface area (Å²) in [6, 6.07) is 4.29. The van der Waals surface area contributed by atoms with Gasteiger partial charge in [-0.3, -0.25) is 9.59 Å². The third kappa shape index (κ3) is 5.65. The predicted molar refractivity (Wildman–Crippen MR) is 104 cm³/mol. The molecule has 2 atom stereocenters. The van der Waals surface area contributed by atoms with Crippen molar-refractivity contribution < 1.29 is 22.8 Å². The van der Waals surface area contributed by atoms with Gasteiger partial charge in [-0.25, -0.2) is 0 Å². The van der Waals surface area contributed by atoms with Crippen LogP contribution >= 0.6 is 11.8 Å². The van der Waals surface area contributed by atoms with Crippen LogP contribution in [0, 0.1) is 11.8 Å². The van der Waals surface area contributed by atoms with Gasteiger partial charge in [0.05, 0.1) is 10.9 Å². The average Bonchev–Trinajstić information content (AvgIpc) is 3.01. The Morgan fingerprint density at radius 2 is 1.93 bits per heavy atom. The molecule has 1 N–H and O–H groups in total. The van der Waals surface area contributed by atoms with Crippen LogP contribution in [0.3, 0.4) is 0 Å². The number of carbonyl (C=O) groups excluding carboxylic acids is 2. The quantitative estimate of drug-likeness (QED) is 0.753. The summed E-state index contributed by atoms with van der Waals surface area (Å²) in [4.78, 5) is 27.1. The second-order valence-electron chi connectivity index (χ2n) is 7.75. The molecule has 0 radical (unpaired) electrons. The summed E-state index contributed by atoms with van der Waals surface area (Å²) >= 11 is 1.58. The molecule has 1 fully saturated rings. The second-order valence-corrected chi connectivity index (χ2v) is 8.96. The molecule has 4 nitrogen and oxygen atoms in total. The molecule has 0 aromatic heterocycles. The minimum absolute atomic E-state index is 0.0114. The van der Waals surface area contributed by atoms with E-state index in [4.69, 9.17) is 0 Å². The van der Waals surface area contributed by atoms with E-state index in [1.165, 1.54) is 12.1 Å². The van der Waals surface area contributed by atoms with Crippen molar-refractivity contribution in [1.29, 1.82) is 0 Å². The Bertz CT molecular complexity index is 707. The lowest BCUT2D eigenvalue weighted by Gasteiger charge is -2.31. The van der Waals surface area contributed by atoms with Crippen LogP contribution in [0.1, 0.15) is 45.2 Å². The number of benzene rings is 1. The lowest BCUT2D eigenvalue weighted by molar-refractivity contribution is -0.142. The Kier molecular flexibility index (Phi) is 7.42. The molecular formula is C20H27F3N2O2S. The number of nitrogens with zero attached hydrogens (tertiary/aromatic N) is 1. The largest absolute Gasteiger partial charge is 0.416 e. The van der Waals surface area contributed by atoms with Crippen LogP contribution in [-0.2, 0) is 22.3 Å². The first kappa shape index (κ1) is 22.6. The Labute approximate surface area is 168 Å². The van der Waals surface area contributed by atoms with Crippen LogP contribution in [0.2, 0.25) is 0 Å². The standard InChI is InChI=1S/C20H27F3N2O2S/c1-12(2)8-17-25(19(27)13(3)4)16(11-28-17)18(26)24-10-14-6-5-7-15(9-14)20(21,22)23/h5-7,9,12-13,16-17H,8,10-11H2,1-4H3,(H,24,26). The highest BCUT2D eigenvalue weighted by molar-refractivity contribution is 8.00. The van der Waals surface area contributed by atoms with Gasteiger partial charge in [0.15, 0.2) is 0 Å². The van der Waals surface area contributed by atoms with Gasteiger partial charge in [0.1, 0.15) is 6.04 Å². The number of hydrogen-bond donors (Lipinski definition) is 1. The number of nitrogens with one attached hydrogen (secondary N) is 1. The van der Waals surface area contributed by atoms with E-state index in [2.05, 4.69) is 19.2 Å². The zero-order valence-electron chi connectivity index (χ0n) is 16.5. The van der Waals surface area contributed by atoms with E-state index in [-0.39, 0.29) is 29.7 Å². The highest BCUT2D eigenvalue weighted by Gasteiger charge is 2.42. The van der Waals surface area contributed by atoms with Gasteiger partial charge in [0, 0.05) is 18.2 Å². The topological polar surface area (TPSA) is 49.4 Å². The van der Waals surface area contributed by atoms with Gasteiger partial charge in [-0.05, 0) is 30.0 Å². The molecular weight excluding hydrogens is 389 g/mol. The fraction of sp³-hybridized carbons (Fsp3) is 0.600. The molecule has 156 valence electrons. The number of alkyl halides is 3. The van der Waals surface area contributed by atoms with Crippen molar-refractivity contribution >= 4 is 23.6 Å². The van der Waals surface area contributed by atoms with E-state index in [1.807, 2.05) is 0 Å². The van der Waals surface area contributed by atoms with Gasteiger partial charge in [-0.1, -0.05) is 39.8 Å². The van der Waals surface area contributed by atoms with Crippen LogP contribution < -0.4 is 5.32 Å². The molecule has 0 spiro atoms. The van der Waals surface area contributed by atoms with E-state index in [1.54, 1.807) is 30.5 Å². The summed E-state index contributed by atoms with van der Waals surface area (Å²) in [7, 11) is 0. The zero-order chi connectivity index (χ0) is 21.1. The van der Waals surface area contributed by atoms with Crippen molar-refractivity contribution in [2.45, 2.75) is 58.3 Å². The molecule has 2 amide bonds. The van der Waals surface area contributed by atoms with Crippen molar-refractivity contribution in [3.63, 3.8) is 0 Å². The number of halogens is 3. The summed E-state index contributed by atoms with van der Waals surface area (Å²) in [6.07, 6.45) is -3.63. The second kappa shape index (κ2) is 9.20. The van der Waals surface area contributed by atoms with Crippen molar-refractivity contribution in [3.8, 4) is 0 Å². The number of amides is 2. The van der Waals surface area contributed by atoms with Gasteiger partial charge < -0.3 is 10.2 Å². The first-order valence-corrected chi connectivity index (χ1v) is 10.4. The fourth-order valence-electron chi connectivity index (χ4n) is 3.11. The SMILES string of the molecule is CC(C)CC1SCC(C(=O)NCc2cccc(C(F)(F)F)c2)N1C(=O)C(C)C. The molecule has 0 saturated carbocycles. The van der Waals surface area contributed by atoms with Gasteiger partial charge in [-0.2, -0.15) is 13.2 Å². The van der Waals surface area contributed by atoms with E-state index < -0.39 is 17.8 Å². The molecule has 1 heterocycles.